The van der Waals surface area contributed by atoms with E-state index in [0.29, 0.717) is 28.7 Å². The molecule has 3 aliphatic rings. The van der Waals surface area contributed by atoms with E-state index in [1.807, 2.05) is 19.1 Å². The van der Waals surface area contributed by atoms with Crippen LogP contribution in [0.5, 0.6) is 5.75 Å². The zero-order valence-electron chi connectivity index (χ0n) is 21.5. The van der Waals surface area contributed by atoms with Crippen LogP contribution in [-0.4, -0.2) is 63.7 Å². The van der Waals surface area contributed by atoms with Gasteiger partial charge >= 0.3 is 12.1 Å². The number of hydrogen-bond donors (Lipinski definition) is 0. The first-order valence-electron chi connectivity index (χ1n) is 12.8. The summed E-state index contributed by atoms with van der Waals surface area (Å²) >= 11 is 0. The number of methoxy groups -OCH3 is 1. The lowest BCUT2D eigenvalue weighted by Crippen LogP contribution is -2.34. The van der Waals surface area contributed by atoms with Crippen molar-refractivity contribution in [2.45, 2.75) is 64.6 Å². The van der Waals surface area contributed by atoms with E-state index in [0.717, 1.165) is 37.9 Å². The molecule has 2 aromatic heterocycles. The van der Waals surface area contributed by atoms with Crippen LogP contribution >= 0.6 is 0 Å². The maximum absolute atomic E-state index is 12.5. The van der Waals surface area contributed by atoms with Gasteiger partial charge in [0.2, 0.25) is 0 Å². The Labute approximate surface area is 211 Å². The highest BCUT2D eigenvalue weighted by atomic mass is 16.6. The summed E-state index contributed by atoms with van der Waals surface area (Å²) in [6, 6.07) is 3.75. The van der Waals surface area contributed by atoms with E-state index >= 15 is 0 Å². The van der Waals surface area contributed by atoms with E-state index < -0.39 is 0 Å². The molecule has 1 amide bonds. The maximum Gasteiger partial charge on any atom is 0.409 e. The number of hydrogen-bond acceptors (Lipinski definition) is 8. The Hall–Kier alpha value is -3.17. The molecular weight excluding hydrogens is 462 g/mol. The van der Waals surface area contributed by atoms with Gasteiger partial charge in [-0.1, -0.05) is 11.6 Å². The molecule has 0 spiro atoms. The Kier molecular flexibility index (Phi) is 6.61. The summed E-state index contributed by atoms with van der Waals surface area (Å²) in [6.45, 7) is 2.68. The molecule has 5 rings (SSSR count). The molecule has 0 N–H and O–H groups in total. The lowest BCUT2D eigenvalue weighted by molar-refractivity contribution is -0.149. The number of pyridine rings is 1. The SMILES string of the molecule is COC(=O)[C@@]12CCC[C@@H](Oc3ccc(-c4nnn(C)c4COC(=O)N(C)CC4CCC4)nc3C)[C@@H]1C2. The van der Waals surface area contributed by atoms with Gasteiger partial charge in [-0.05, 0) is 63.5 Å². The predicted octanol–water partition coefficient (Wildman–Crippen LogP) is 3.66. The fourth-order valence-electron chi connectivity index (χ4n) is 5.69. The Morgan fingerprint density at radius 3 is 2.72 bits per heavy atom. The number of fused-ring (bicyclic) bond motifs is 1. The Bertz CT molecular complexity index is 1150. The molecule has 3 fully saturated rings. The van der Waals surface area contributed by atoms with Crippen LogP contribution in [-0.2, 0) is 27.9 Å². The van der Waals surface area contributed by atoms with Crippen molar-refractivity contribution in [3.63, 3.8) is 0 Å². The number of nitrogens with zero attached hydrogens (tertiary/aromatic N) is 5. The van der Waals surface area contributed by atoms with Gasteiger partial charge in [0.25, 0.3) is 0 Å². The summed E-state index contributed by atoms with van der Waals surface area (Å²) in [7, 11) is 5.00. The van der Waals surface area contributed by atoms with Gasteiger partial charge in [0.15, 0.2) is 0 Å². The third kappa shape index (κ3) is 4.53. The van der Waals surface area contributed by atoms with Crippen molar-refractivity contribution in [3.05, 3.63) is 23.5 Å². The lowest BCUT2D eigenvalue weighted by atomic mass is 9.85. The summed E-state index contributed by atoms with van der Waals surface area (Å²) in [6.07, 6.45) is 6.77. The van der Waals surface area contributed by atoms with Crippen LogP contribution in [0.25, 0.3) is 11.4 Å². The second-order valence-electron chi connectivity index (χ2n) is 10.5. The van der Waals surface area contributed by atoms with Crippen LogP contribution in [0.4, 0.5) is 4.79 Å². The minimum atomic E-state index is -0.364. The molecule has 194 valence electrons. The van der Waals surface area contributed by atoms with Gasteiger partial charge in [-0.3, -0.25) is 4.79 Å². The molecule has 0 aliphatic heterocycles. The van der Waals surface area contributed by atoms with E-state index in [-0.39, 0.29) is 36.1 Å². The summed E-state index contributed by atoms with van der Waals surface area (Å²) in [4.78, 5) is 31.1. The van der Waals surface area contributed by atoms with Crippen LogP contribution in [0.3, 0.4) is 0 Å². The number of amides is 1. The highest BCUT2D eigenvalue weighted by Crippen LogP contribution is 2.62. The first-order chi connectivity index (χ1) is 17.3. The van der Waals surface area contributed by atoms with Crippen molar-refractivity contribution in [2.75, 3.05) is 20.7 Å². The molecule has 3 saturated carbocycles. The molecular formula is C26H35N5O5. The van der Waals surface area contributed by atoms with Gasteiger partial charge < -0.3 is 19.1 Å². The molecule has 36 heavy (non-hydrogen) atoms. The second kappa shape index (κ2) is 9.71. The van der Waals surface area contributed by atoms with E-state index in [2.05, 4.69) is 10.3 Å². The van der Waals surface area contributed by atoms with Crippen molar-refractivity contribution in [3.8, 4) is 17.1 Å². The lowest BCUT2D eigenvalue weighted by Gasteiger charge is -2.29. The molecule has 0 radical (unpaired) electrons. The van der Waals surface area contributed by atoms with Gasteiger partial charge in [-0.25, -0.2) is 14.5 Å². The summed E-state index contributed by atoms with van der Waals surface area (Å²) in [5.74, 6) is 1.36. The first-order valence-corrected chi connectivity index (χ1v) is 12.8. The molecule has 0 bridgehead atoms. The summed E-state index contributed by atoms with van der Waals surface area (Å²) < 4.78 is 18.6. The highest BCUT2D eigenvalue weighted by Gasteiger charge is 2.65. The molecule has 10 heteroatoms. The van der Waals surface area contributed by atoms with E-state index in [4.69, 9.17) is 19.2 Å². The number of carbonyl (C=O) groups excluding carboxylic acids is 2. The number of carbonyl (C=O) groups is 2. The van der Waals surface area contributed by atoms with Crippen LogP contribution in [0, 0.1) is 24.2 Å². The Morgan fingerprint density at radius 1 is 1.22 bits per heavy atom. The Morgan fingerprint density at radius 2 is 2.03 bits per heavy atom. The van der Waals surface area contributed by atoms with Crippen molar-refractivity contribution in [2.24, 2.45) is 24.3 Å². The van der Waals surface area contributed by atoms with Gasteiger partial charge in [0.05, 0.1) is 23.9 Å². The second-order valence-corrected chi connectivity index (χ2v) is 10.5. The van der Waals surface area contributed by atoms with Crippen molar-refractivity contribution in [1.29, 1.82) is 0 Å². The molecule has 0 saturated heterocycles. The maximum atomic E-state index is 12.5. The third-order valence-corrected chi connectivity index (χ3v) is 8.19. The van der Waals surface area contributed by atoms with E-state index in [1.165, 1.54) is 26.4 Å². The van der Waals surface area contributed by atoms with E-state index in [1.54, 1.807) is 23.7 Å². The van der Waals surface area contributed by atoms with Gasteiger partial charge in [0, 0.05) is 26.6 Å². The number of ether oxygens (including phenoxy) is 3. The third-order valence-electron chi connectivity index (χ3n) is 8.19. The van der Waals surface area contributed by atoms with Crippen molar-refractivity contribution in [1.82, 2.24) is 24.9 Å². The number of aromatic nitrogens is 4. The predicted molar refractivity (Wildman–Crippen MR) is 130 cm³/mol. The topological polar surface area (TPSA) is 109 Å². The van der Waals surface area contributed by atoms with Crippen LogP contribution < -0.4 is 4.74 Å². The van der Waals surface area contributed by atoms with Gasteiger partial charge in [-0.2, -0.15) is 0 Å². The minimum Gasteiger partial charge on any atom is -0.488 e. The molecule has 0 unspecified atom stereocenters. The summed E-state index contributed by atoms with van der Waals surface area (Å²) in [5, 5.41) is 8.40. The average Bonchev–Trinajstić information content (AvgIpc) is 3.51. The minimum absolute atomic E-state index is 0.0207. The van der Waals surface area contributed by atoms with Crippen LogP contribution in [0.15, 0.2) is 12.1 Å². The normalized spacial score (nSPS) is 24.9. The largest absolute Gasteiger partial charge is 0.488 e. The van der Waals surface area contributed by atoms with Crippen LogP contribution in [0.2, 0.25) is 0 Å². The molecule has 10 nitrogen and oxygen atoms in total. The summed E-state index contributed by atoms with van der Waals surface area (Å²) in [5.41, 5.74) is 2.26. The average molecular weight is 498 g/mol. The molecule has 3 atom stereocenters. The molecule has 3 aliphatic carbocycles. The fourth-order valence-corrected chi connectivity index (χ4v) is 5.69. The molecule has 2 heterocycles. The smallest absolute Gasteiger partial charge is 0.409 e. The fraction of sp³-hybridized carbons (Fsp3) is 0.654. The standard InChI is InChI=1S/C26H35N5O5/c1-16-21(36-22-9-6-12-26(13-18(22)26)24(32)34-4)11-10-19(27-16)23-20(31(3)29-28-23)15-35-25(33)30(2)14-17-7-5-8-17/h10-11,17-18,22H,5-9,12-15H2,1-4H3/t18-,22+,26+/m0/s1. The first kappa shape index (κ1) is 24.5. The van der Waals surface area contributed by atoms with Gasteiger partial charge in [-0.15, -0.1) is 5.10 Å². The van der Waals surface area contributed by atoms with Crippen molar-refractivity contribution < 1.29 is 23.8 Å². The quantitative estimate of drug-likeness (QED) is 0.509. The molecule has 2 aromatic rings. The number of rotatable bonds is 8. The van der Waals surface area contributed by atoms with Crippen molar-refractivity contribution >= 4 is 12.1 Å². The Balaban J connectivity index is 1.24. The highest BCUT2D eigenvalue weighted by molar-refractivity contribution is 5.81. The number of esters is 1. The van der Waals surface area contributed by atoms with Crippen LogP contribution in [0.1, 0.15) is 56.3 Å². The zero-order valence-corrected chi connectivity index (χ0v) is 21.5. The van der Waals surface area contributed by atoms with E-state index in [9.17, 15) is 9.59 Å². The molecule has 0 aromatic carbocycles. The monoisotopic (exact) mass is 497 g/mol. The van der Waals surface area contributed by atoms with Gasteiger partial charge in [0.1, 0.15) is 29.8 Å². The number of aryl methyl sites for hydroxylation is 2. The zero-order chi connectivity index (χ0) is 25.4.